The van der Waals surface area contributed by atoms with Crippen molar-refractivity contribution in [3.8, 4) is 5.88 Å². The molecule has 0 saturated carbocycles. The molecule has 160 valence electrons. The highest BCUT2D eigenvalue weighted by Gasteiger charge is 2.22. The Morgan fingerprint density at radius 1 is 1.19 bits per heavy atom. The molecule has 4 aromatic heterocycles. The van der Waals surface area contributed by atoms with Crippen molar-refractivity contribution in [2.45, 2.75) is 6.92 Å². The van der Waals surface area contributed by atoms with Gasteiger partial charge in [-0.2, -0.15) is 10.1 Å². The van der Waals surface area contributed by atoms with Crippen LogP contribution in [0.2, 0.25) is 0 Å². The minimum atomic E-state index is -0.388. The highest BCUT2D eigenvalue weighted by Crippen LogP contribution is 2.28. The summed E-state index contributed by atoms with van der Waals surface area (Å²) in [5.41, 5.74) is 3.20. The molecule has 0 spiro atoms. The van der Waals surface area contributed by atoms with E-state index < -0.39 is 0 Å². The molecule has 0 atom stereocenters. The van der Waals surface area contributed by atoms with Crippen molar-refractivity contribution in [2.75, 3.05) is 43.5 Å². The molecule has 4 aromatic rings. The van der Waals surface area contributed by atoms with Crippen LogP contribution >= 0.6 is 0 Å². The van der Waals surface area contributed by atoms with E-state index in [9.17, 15) is 4.79 Å². The van der Waals surface area contributed by atoms with Crippen LogP contribution in [0.1, 0.15) is 16.2 Å². The quantitative estimate of drug-likeness (QED) is 0.501. The Morgan fingerprint density at radius 2 is 2.00 bits per heavy atom. The van der Waals surface area contributed by atoms with E-state index in [1.165, 1.54) is 7.11 Å². The first-order valence-electron chi connectivity index (χ1n) is 10.0. The first-order chi connectivity index (χ1) is 15.0. The number of pyridine rings is 1. The van der Waals surface area contributed by atoms with E-state index in [1.807, 2.05) is 26.4 Å². The summed E-state index contributed by atoms with van der Waals surface area (Å²) in [7, 11) is 3.36. The van der Waals surface area contributed by atoms with Gasteiger partial charge in [0.15, 0.2) is 11.5 Å². The van der Waals surface area contributed by atoms with Gasteiger partial charge in [0, 0.05) is 51.0 Å². The molecule has 31 heavy (non-hydrogen) atoms. The molecule has 1 aliphatic rings. The summed E-state index contributed by atoms with van der Waals surface area (Å²) in [6.07, 6.45) is 7.21. The summed E-state index contributed by atoms with van der Waals surface area (Å²) in [5.74, 6) is 0.279. The fourth-order valence-electron chi connectivity index (χ4n) is 3.90. The van der Waals surface area contributed by atoms with Crippen molar-refractivity contribution >= 4 is 34.0 Å². The van der Waals surface area contributed by atoms with E-state index in [1.54, 1.807) is 21.5 Å². The SMILES string of the molecule is COc1nc(NC(=O)c2ncc(N3CCNCC3)c3cn(C)nc23)cn2cc(C)nc12. The maximum absolute atomic E-state index is 13.1. The number of amides is 1. The van der Waals surface area contributed by atoms with E-state index >= 15 is 0 Å². The third-order valence-electron chi connectivity index (χ3n) is 5.28. The maximum Gasteiger partial charge on any atom is 0.277 e. The first kappa shape index (κ1) is 19.2. The molecule has 11 nitrogen and oxygen atoms in total. The summed E-state index contributed by atoms with van der Waals surface area (Å²) >= 11 is 0. The minimum Gasteiger partial charge on any atom is -0.478 e. The fraction of sp³-hybridized carbons (Fsp3) is 0.350. The molecular formula is C20H23N9O2. The molecule has 1 aliphatic heterocycles. The highest BCUT2D eigenvalue weighted by molar-refractivity contribution is 6.11. The van der Waals surface area contributed by atoms with Gasteiger partial charge in [-0.05, 0) is 6.92 Å². The predicted octanol–water partition coefficient (Wildman–Crippen LogP) is 0.990. The van der Waals surface area contributed by atoms with Crippen LogP contribution in [0.4, 0.5) is 11.5 Å². The molecule has 0 bridgehead atoms. The van der Waals surface area contributed by atoms with E-state index in [4.69, 9.17) is 4.74 Å². The third-order valence-corrected chi connectivity index (χ3v) is 5.28. The molecule has 5 rings (SSSR count). The average molecular weight is 421 g/mol. The van der Waals surface area contributed by atoms with E-state index in [-0.39, 0.29) is 11.6 Å². The van der Waals surface area contributed by atoms with Crippen LogP contribution in [0.15, 0.2) is 24.8 Å². The van der Waals surface area contributed by atoms with Gasteiger partial charge in [0.2, 0.25) is 5.65 Å². The Kier molecular flexibility index (Phi) is 4.66. The Balaban J connectivity index is 1.51. The Labute approximate surface area is 178 Å². The van der Waals surface area contributed by atoms with E-state index in [0.29, 0.717) is 22.9 Å². The lowest BCUT2D eigenvalue weighted by Crippen LogP contribution is -2.43. The van der Waals surface area contributed by atoms with Gasteiger partial charge in [-0.3, -0.25) is 13.9 Å². The van der Waals surface area contributed by atoms with Crippen molar-refractivity contribution in [3.63, 3.8) is 0 Å². The van der Waals surface area contributed by atoms with Crippen molar-refractivity contribution in [2.24, 2.45) is 7.05 Å². The second-order valence-corrected chi connectivity index (χ2v) is 7.50. The molecule has 1 fully saturated rings. The molecule has 0 aromatic carbocycles. The molecule has 0 unspecified atom stereocenters. The summed E-state index contributed by atoms with van der Waals surface area (Å²) in [4.78, 5) is 28.6. The van der Waals surface area contributed by atoms with Crippen LogP contribution in [0.5, 0.6) is 5.88 Å². The molecule has 1 amide bonds. The van der Waals surface area contributed by atoms with Gasteiger partial charge in [0.05, 0.1) is 30.9 Å². The number of nitrogens with zero attached hydrogens (tertiary/aromatic N) is 7. The molecule has 5 heterocycles. The standard InChI is InChI=1S/C20H23N9O2/c1-12-9-29-11-15(25-20(31-3)18(29)23-12)24-19(30)17-16-13(10-27(2)26-16)14(8-22-17)28-6-4-21-5-7-28/h8-11,21H,4-7H2,1-3H3,(H,24,30). The van der Waals surface area contributed by atoms with Crippen molar-refractivity contribution in [3.05, 3.63) is 36.2 Å². The topological polar surface area (TPSA) is 114 Å². The zero-order valence-electron chi connectivity index (χ0n) is 17.6. The molecule has 11 heteroatoms. The number of aryl methyl sites for hydroxylation is 2. The molecule has 0 radical (unpaired) electrons. The number of hydrogen-bond acceptors (Lipinski definition) is 8. The number of anilines is 2. The number of piperazine rings is 1. The molecular weight excluding hydrogens is 398 g/mol. The lowest BCUT2D eigenvalue weighted by atomic mass is 10.2. The summed E-state index contributed by atoms with van der Waals surface area (Å²) in [6.45, 7) is 5.46. The number of ether oxygens (including phenoxy) is 1. The number of methoxy groups -OCH3 is 1. The van der Waals surface area contributed by atoms with Gasteiger partial charge >= 0.3 is 0 Å². The number of rotatable bonds is 4. The number of hydrogen-bond donors (Lipinski definition) is 2. The third kappa shape index (κ3) is 3.42. The average Bonchev–Trinajstić information content (AvgIpc) is 3.34. The van der Waals surface area contributed by atoms with Gasteiger partial charge in [0.25, 0.3) is 11.8 Å². The largest absolute Gasteiger partial charge is 0.478 e. The fourth-order valence-corrected chi connectivity index (χ4v) is 3.90. The van der Waals surface area contributed by atoms with E-state index in [2.05, 4.69) is 35.6 Å². The molecule has 2 N–H and O–H groups in total. The summed E-state index contributed by atoms with van der Waals surface area (Å²) in [6, 6.07) is 0. The maximum atomic E-state index is 13.1. The van der Waals surface area contributed by atoms with Crippen molar-refractivity contribution < 1.29 is 9.53 Å². The number of carbonyl (C=O) groups is 1. The Hall–Kier alpha value is -3.73. The van der Waals surface area contributed by atoms with Crippen molar-refractivity contribution in [1.82, 2.24) is 34.4 Å². The number of carbonyl (C=O) groups excluding carboxylic acids is 1. The predicted molar refractivity (Wildman–Crippen MR) is 116 cm³/mol. The molecule has 0 aliphatic carbocycles. The van der Waals surface area contributed by atoms with Crippen LogP contribution in [-0.4, -0.2) is 68.3 Å². The highest BCUT2D eigenvalue weighted by atomic mass is 16.5. The lowest BCUT2D eigenvalue weighted by molar-refractivity contribution is 0.102. The second-order valence-electron chi connectivity index (χ2n) is 7.50. The van der Waals surface area contributed by atoms with Gasteiger partial charge in [0.1, 0.15) is 5.52 Å². The van der Waals surface area contributed by atoms with Gasteiger partial charge in [-0.25, -0.2) is 9.97 Å². The van der Waals surface area contributed by atoms with E-state index in [0.717, 1.165) is 42.9 Å². The minimum absolute atomic E-state index is 0.247. The zero-order valence-corrected chi connectivity index (χ0v) is 17.6. The monoisotopic (exact) mass is 421 g/mol. The second kappa shape index (κ2) is 7.51. The summed E-state index contributed by atoms with van der Waals surface area (Å²) < 4.78 is 8.81. The Morgan fingerprint density at radius 3 is 2.77 bits per heavy atom. The lowest BCUT2D eigenvalue weighted by Gasteiger charge is -2.29. The first-order valence-corrected chi connectivity index (χ1v) is 10.0. The number of nitrogens with one attached hydrogen (secondary N) is 2. The smallest absolute Gasteiger partial charge is 0.277 e. The van der Waals surface area contributed by atoms with Crippen LogP contribution in [-0.2, 0) is 7.05 Å². The number of aromatic nitrogens is 6. The van der Waals surface area contributed by atoms with Gasteiger partial charge in [-0.15, -0.1) is 0 Å². The normalized spacial score (nSPS) is 14.4. The number of imidazole rings is 1. The van der Waals surface area contributed by atoms with Crippen LogP contribution in [0.25, 0.3) is 16.6 Å². The number of fused-ring (bicyclic) bond motifs is 2. The van der Waals surface area contributed by atoms with Crippen LogP contribution in [0.3, 0.4) is 0 Å². The Bertz CT molecular complexity index is 1290. The summed E-state index contributed by atoms with van der Waals surface area (Å²) in [5, 5.41) is 11.6. The van der Waals surface area contributed by atoms with Crippen LogP contribution < -0.4 is 20.3 Å². The van der Waals surface area contributed by atoms with Gasteiger partial charge in [-0.1, -0.05) is 0 Å². The zero-order chi connectivity index (χ0) is 21.5. The molecule has 1 saturated heterocycles. The van der Waals surface area contributed by atoms with Gasteiger partial charge < -0.3 is 20.3 Å². The van der Waals surface area contributed by atoms with Crippen LogP contribution in [0, 0.1) is 6.92 Å². The van der Waals surface area contributed by atoms with Crippen molar-refractivity contribution in [1.29, 1.82) is 0 Å².